The minimum Gasteiger partial charge on any atom is -0.495 e. The van der Waals surface area contributed by atoms with Gasteiger partial charge >= 0.3 is 0 Å². The number of nitrogens with zero attached hydrogens (tertiary/aromatic N) is 1. The number of halogens is 1. The number of allylic oxidation sites excluding steroid dienone is 4. The summed E-state index contributed by atoms with van der Waals surface area (Å²) in [6.45, 7) is 0.640. The zero-order valence-corrected chi connectivity index (χ0v) is 18.2. The number of benzene rings is 2. The summed E-state index contributed by atoms with van der Waals surface area (Å²) in [5, 5.41) is 0. The molecule has 1 heterocycles. The summed E-state index contributed by atoms with van der Waals surface area (Å²) < 4.78 is 54.2. The molecule has 0 bridgehead atoms. The van der Waals surface area contributed by atoms with Gasteiger partial charge in [0, 0.05) is 12.6 Å². The van der Waals surface area contributed by atoms with E-state index in [1.54, 1.807) is 30.3 Å². The van der Waals surface area contributed by atoms with E-state index >= 15 is 0 Å². The van der Waals surface area contributed by atoms with Crippen LogP contribution in [0.25, 0.3) is 0 Å². The van der Waals surface area contributed by atoms with Crippen molar-refractivity contribution in [2.75, 3.05) is 13.7 Å². The van der Waals surface area contributed by atoms with Gasteiger partial charge in [-0.3, -0.25) is 0 Å². The Morgan fingerprint density at radius 3 is 2.77 bits per heavy atom. The second-order valence-electron chi connectivity index (χ2n) is 7.83. The quantitative estimate of drug-likeness (QED) is 0.685. The Labute approximate surface area is 182 Å². The summed E-state index contributed by atoms with van der Waals surface area (Å²) >= 11 is 0. The highest BCUT2D eigenvalue weighted by molar-refractivity contribution is 7.89. The number of fused-ring (bicyclic) bond motifs is 1. The fourth-order valence-electron chi connectivity index (χ4n) is 4.15. The van der Waals surface area contributed by atoms with Gasteiger partial charge in [-0.1, -0.05) is 42.5 Å². The molecule has 0 radical (unpaired) electrons. The van der Waals surface area contributed by atoms with E-state index in [1.165, 1.54) is 23.5 Å². The topological polar surface area (TPSA) is 55.8 Å². The van der Waals surface area contributed by atoms with Crippen molar-refractivity contribution in [2.45, 2.75) is 36.9 Å². The number of sulfonamides is 1. The Kier molecular flexibility index (Phi) is 6.55. The molecule has 0 amide bonds. The zero-order chi connectivity index (χ0) is 21.8. The molecule has 0 aromatic heterocycles. The second-order valence-corrected chi connectivity index (χ2v) is 9.69. The van der Waals surface area contributed by atoms with Gasteiger partial charge in [0.1, 0.15) is 16.5 Å². The number of para-hydroxylation sites is 1. The lowest BCUT2D eigenvalue weighted by atomic mass is 9.93. The number of hydrogen-bond donors (Lipinski definition) is 0. The first-order chi connectivity index (χ1) is 15.0. The number of rotatable bonds is 5. The molecule has 2 aromatic carbocycles. The van der Waals surface area contributed by atoms with Crippen molar-refractivity contribution in [3.8, 4) is 5.75 Å². The molecule has 2 unspecified atom stereocenters. The van der Waals surface area contributed by atoms with Crippen LogP contribution >= 0.6 is 0 Å². The number of methoxy groups -OCH3 is 1. The summed E-state index contributed by atoms with van der Waals surface area (Å²) in [4.78, 5) is 0.116. The first-order valence-electron chi connectivity index (χ1n) is 10.3. The van der Waals surface area contributed by atoms with Crippen molar-refractivity contribution in [3.05, 3.63) is 83.7 Å². The highest BCUT2D eigenvalue weighted by Gasteiger charge is 2.36. The van der Waals surface area contributed by atoms with Crippen LogP contribution in [-0.4, -0.2) is 32.5 Å². The maximum atomic E-state index is 13.8. The van der Waals surface area contributed by atoms with Crippen molar-refractivity contribution >= 4 is 10.0 Å². The maximum absolute atomic E-state index is 13.8. The van der Waals surface area contributed by atoms with Gasteiger partial charge in [-0.05, 0) is 54.2 Å². The van der Waals surface area contributed by atoms with Crippen LogP contribution in [0.4, 0.5) is 4.39 Å². The molecule has 164 valence electrons. The first-order valence-corrected chi connectivity index (χ1v) is 11.8. The second kappa shape index (κ2) is 9.34. The van der Waals surface area contributed by atoms with Crippen molar-refractivity contribution in [2.24, 2.45) is 5.92 Å². The molecule has 31 heavy (non-hydrogen) atoms. The van der Waals surface area contributed by atoms with Gasteiger partial charge in [-0.25, -0.2) is 12.8 Å². The van der Waals surface area contributed by atoms with E-state index < -0.39 is 10.0 Å². The Hall–Kier alpha value is -2.48. The fourth-order valence-corrected chi connectivity index (χ4v) is 5.91. The smallest absolute Gasteiger partial charge is 0.247 e. The normalized spacial score (nSPS) is 21.9. The molecule has 5 nitrogen and oxygen atoms in total. The van der Waals surface area contributed by atoms with E-state index in [9.17, 15) is 12.8 Å². The van der Waals surface area contributed by atoms with Crippen molar-refractivity contribution in [1.29, 1.82) is 0 Å². The van der Waals surface area contributed by atoms with Gasteiger partial charge in [0.2, 0.25) is 10.0 Å². The van der Waals surface area contributed by atoms with Gasteiger partial charge in [0.05, 0.1) is 20.3 Å². The van der Waals surface area contributed by atoms with Gasteiger partial charge in [0.15, 0.2) is 0 Å². The van der Waals surface area contributed by atoms with Crippen LogP contribution < -0.4 is 4.74 Å². The zero-order valence-electron chi connectivity index (χ0n) is 17.4. The predicted octanol–water partition coefficient (Wildman–Crippen LogP) is 4.45. The Balaban J connectivity index is 1.76. The molecule has 0 saturated heterocycles. The Morgan fingerprint density at radius 1 is 1.16 bits per heavy atom. The minimum absolute atomic E-state index is 0.116. The molecule has 2 aliphatic rings. The maximum Gasteiger partial charge on any atom is 0.247 e. The van der Waals surface area contributed by atoms with E-state index in [0.29, 0.717) is 17.7 Å². The molecule has 0 spiro atoms. The Morgan fingerprint density at radius 2 is 2.00 bits per heavy atom. The first kappa shape index (κ1) is 21.7. The van der Waals surface area contributed by atoms with E-state index in [0.717, 1.165) is 12.0 Å². The summed E-state index contributed by atoms with van der Waals surface area (Å²) in [6, 6.07) is 10.7. The standard InChI is InChI=1S/C24H26FNO4S/c1-29-23-9-5-6-10-24(23)31(27,28)26-15-19-11-12-21(25)14-20(19)16-30-17-22(26)13-18-7-3-2-4-8-18/h2-7,9-12,14,18,22H,8,13,15-17H2,1H3. The number of ether oxygens (including phenoxy) is 2. The van der Waals surface area contributed by atoms with Crippen molar-refractivity contribution in [1.82, 2.24) is 4.31 Å². The third kappa shape index (κ3) is 4.74. The van der Waals surface area contributed by atoms with Crippen LogP contribution in [-0.2, 0) is 27.9 Å². The third-order valence-electron chi connectivity index (χ3n) is 5.77. The molecule has 7 heteroatoms. The molecule has 2 aromatic rings. The van der Waals surface area contributed by atoms with Crippen LogP contribution in [0, 0.1) is 11.7 Å². The summed E-state index contributed by atoms with van der Waals surface area (Å²) in [6.07, 6.45) is 9.68. The SMILES string of the molecule is COc1ccccc1S(=O)(=O)N1Cc2ccc(F)cc2COCC1CC1C=CC=CC1. The predicted molar refractivity (Wildman–Crippen MR) is 117 cm³/mol. The lowest BCUT2D eigenvalue weighted by Crippen LogP contribution is -2.44. The van der Waals surface area contributed by atoms with Crippen LogP contribution in [0.15, 0.2) is 71.7 Å². The van der Waals surface area contributed by atoms with E-state index in [1.807, 2.05) is 12.2 Å². The molecule has 0 N–H and O–H groups in total. The van der Waals surface area contributed by atoms with E-state index in [-0.39, 0.29) is 42.4 Å². The lowest BCUT2D eigenvalue weighted by molar-refractivity contribution is 0.0603. The van der Waals surface area contributed by atoms with Crippen LogP contribution in [0.3, 0.4) is 0 Å². The van der Waals surface area contributed by atoms with Crippen LogP contribution in [0.2, 0.25) is 0 Å². The molecular formula is C24H26FNO4S. The average Bonchev–Trinajstić information content (AvgIpc) is 2.77. The van der Waals surface area contributed by atoms with Crippen molar-refractivity contribution < 1.29 is 22.3 Å². The summed E-state index contributed by atoms with van der Waals surface area (Å²) in [7, 11) is -2.45. The largest absolute Gasteiger partial charge is 0.495 e. The Bertz CT molecular complexity index is 1100. The molecular weight excluding hydrogens is 417 g/mol. The highest BCUT2D eigenvalue weighted by atomic mass is 32.2. The van der Waals surface area contributed by atoms with Gasteiger partial charge in [-0.15, -0.1) is 0 Å². The van der Waals surface area contributed by atoms with Gasteiger partial charge in [0.25, 0.3) is 0 Å². The molecule has 1 aliphatic carbocycles. The molecule has 4 rings (SSSR count). The average molecular weight is 444 g/mol. The summed E-state index contributed by atoms with van der Waals surface area (Å²) in [5.74, 6) is 0.155. The number of hydrogen-bond acceptors (Lipinski definition) is 4. The lowest BCUT2D eigenvalue weighted by Gasteiger charge is -2.35. The van der Waals surface area contributed by atoms with Crippen LogP contribution in [0.5, 0.6) is 5.75 Å². The molecule has 0 saturated carbocycles. The van der Waals surface area contributed by atoms with E-state index in [2.05, 4.69) is 12.2 Å². The van der Waals surface area contributed by atoms with Crippen molar-refractivity contribution in [3.63, 3.8) is 0 Å². The minimum atomic E-state index is -3.90. The van der Waals surface area contributed by atoms with Gasteiger partial charge < -0.3 is 9.47 Å². The summed E-state index contributed by atoms with van der Waals surface area (Å²) in [5.41, 5.74) is 1.41. The third-order valence-corrected chi connectivity index (χ3v) is 7.71. The van der Waals surface area contributed by atoms with E-state index in [4.69, 9.17) is 9.47 Å². The molecule has 2 atom stereocenters. The highest BCUT2D eigenvalue weighted by Crippen LogP contribution is 2.33. The van der Waals surface area contributed by atoms with Crippen LogP contribution in [0.1, 0.15) is 24.0 Å². The monoisotopic (exact) mass is 443 g/mol. The fraction of sp³-hybridized carbons (Fsp3) is 0.333. The van der Waals surface area contributed by atoms with Gasteiger partial charge in [-0.2, -0.15) is 4.31 Å². The molecule has 1 aliphatic heterocycles. The molecule has 0 fully saturated rings.